The minimum Gasteiger partial charge on any atom is -0.350 e. The summed E-state index contributed by atoms with van der Waals surface area (Å²) in [6.07, 6.45) is 0.766. The topological polar surface area (TPSA) is 49.4 Å². The number of nitrogens with zero attached hydrogens (tertiary/aromatic N) is 1. The van der Waals surface area contributed by atoms with Gasteiger partial charge in [-0.15, -0.1) is 0 Å². The quantitative estimate of drug-likeness (QED) is 0.907. The van der Waals surface area contributed by atoms with Crippen LogP contribution in [-0.4, -0.2) is 35.3 Å². The number of nitrogens with one attached hydrogen (secondary N) is 1. The molecule has 0 saturated heterocycles. The molecule has 1 aliphatic carbocycles. The highest BCUT2D eigenvalue weighted by Crippen LogP contribution is 2.48. The normalized spacial score (nSPS) is 20.0. The van der Waals surface area contributed by atoms with E-state index in [-0.39, 0.29) is 41.6 Å². The number of carbonyl (C=O) groups is 2. The lowest BCUT2D eigenvalue weighted by molar-refractivity contribution is -0.137. The number of carbonyl (C=O) groups excluding carboxylic acids is 2. The maximum Gasteiger partial charge on any atom is 0.240 e. The Morgan fingerprint density at radius 2 is 1.87 bits per heavy atom. The summed E-state index contributed by atoms with van der Waals surface area (Å²) < 4.78 is 13.0. The standard InChI is InChI=1S/C18H25FN2O2/c1-5-21(11-16(22)20-18(2,3)4)17(23)15-10-14(15)12-6-8-13(19)9-7-12/h6-9,14-15H,5,10-11H2,1-4H3,(H,20,22). The second-order valence-electron chi connectivity index (χ2n) is 7.15. The van der Waals surface area contributed by atoms with Crippen LogP contribution in [0.15, 0.2) is 24.3 Å². The molecule has 1 aromatic carbocycles. The zero-order chi connectivity index (χ0) is 17.2. The van der Waals surface area contributed by atoms with Gasteiger partial charge in [0.15, 0.2) is 0 Å². The maximum atomic E-state index is 13.0. The minimum atomic E-state index is -0.310. The van der Waals surface area contributed by atoms with Gasteiger partial charge >= 0.3 is 0 Å². The molecule has 0 spiro atoms. The molecule has 2 unspecified atom stereocenters. The molecule has 4 nitrogen and oxygen atoms in total. The van der Waals surface area contributed by atoms with Crippen molar-refractivity contribution in [3.8, 4) is 0 Å². The number of rotatable bonds is 5. The van der Waals surface area contributed by atoms with Crippen LogP contribution >= 0.6 is 0 Å². The number of benzene rings is 1. The number of hydrogen-bond donors (Lipinski definition) is 1. The summed E-state index contributed by atoms with van der Waals surface area (Å²) in [7, 11) is 0. The van der Waals surface area contributed by atoms with Gasteiger partial charge in [-0.1, -0.05) is 12.1 Å². The van der Waals surface area contributed by atoms with Crippen LogP contribution in [0.3, 0.4) is 0 Å². The minimum absolute atomic E-state index is 0.00545. The monoisotopic (exact) mass is 320 g/mol. The fourth-order valence-electron chi connectivity index (χ4n) is 2.76. The molecule has 1 aliphatic rings. The van der Waals surface area contributed by atoms with Crippen LogP contribution in [0, 0.1) is 11.7 Å². The second-order valence-corrected chi connectivity index (χ2v) is 7.15. The molecular formula is C18H25FN2O2. The molecular weight excluding hydrogens is 295 g/mol. The van der Waals surface area contributed by atoms with E-state index in [0.717, 1.165) is 12.0 Å². The van der Waals surface area contributed by atoms with Gasteiger partial charge in [0.2, 0.25) is 11.8 Å². The first-order valence-corrected chi connectivity index (χ1v) is 8.06. The molecule has 126 valence electrons. The molecule has 1 N–H and O–H groups in total. The largest absolute Gasteiger partial charge is 0.350 e. The van der Waals surface area contributed by atoms with Crippen LogP contribution in [0.1, 0.15) is 45.6 Å². The molecule has 1 saturated carbocycles. The molecule has 0 aromatic heterocycles. The van der Waals surface area contributed by atoms with E-state index in [0.29, 0.717) is 6.54 Å². The third kappa shape index (κ3) is 4.78. The highest BCUT2D eigenvalue weighted by molar-refractivity contribution is 5.88. The van der Waals surface area contributed by atoms with Gasteiger partial charge in [0.05, 0.1) is 6.54 Å². The number of hydrogen-bond acceptors (Lipinski definition) is 2. The van der Waals surface area contributed by atoms with Gasteiger partial charge < -0.3 is 10.2 Å². The zero-order valence-electron chi connectivity index (χ0n) is 14.2. The lowest BCUT2D eigenvalue weighted by Crippen LogP contribution is -2.47. The second kappa shape index (κ2) is 6.69. The molecule has 0 bridgehead atoms. The van der Waals surface area contributed by atoms with Crippen molar-refractivity contribution >= 4 is 11.8 Å². The van der Waals surface area contributed by atoms with Crippen LogP contribution < -0.4 is 5.32 Å². The van der Waals surface area contributed by atoms with Crippen LogP contribution in [0.5, 0.6) is 0 Å². The van der Waals surface area contributed by atoms with Gasteiger partial charge in [0, 0.05) is 18.0 Å². The predicted molar refractivity (Wildman–Crippen MR) is 87.4 cm³/mol. The fraction of sp³-hybridized carbons (Fsp3) is 0.556. The summed E-state index contributed by atoms with van der Waals surface area (Å²) in [6.45, 7) is 8.19. The molecule has 0 heterocycles. The van der Waals surface area contributed by atoms with Gasteiger partial charge in [-0.3, -0.25) is 9.59 Å². The molecule has 1 fully saturated rings. The van der Waals surface area contributed by atoms with Crippen LogP contribution in [0.4, 0.5) is 4.39 Å². The molecule has 0 aliphatic heterocycles. The van der Waals surface area contributed by atoms with E-state index >= 15 is 0 Å². The molecule has 2 amide bonds. The fourth-order valence-corrected chi connectivity index (χ4v) is 2.76. The van der Waals surface area contributed by atoms with Gasteiger partial charge in [-0.25, -0.2) is 4.39 Å². The third-order valence-corrected chi connectivity index (χ3v) is 3.95. The lowest BCUT2D eigenvalue weighted by Gasteiger charge is -2.25. The average molecular weight is 320 g/mol. The Morgan fingerprint density at radius 3 is 2.39 bits per heavy atom. The molecule has 0 radical (unpaired) electrons. The molecule has 23 heavy (non-hydrogen) atoms. The van der Waals surface area contributed by atoms with Crippen molar-refractivity contribution in [3.63, 3.8) is 0 Å². The van der Waals surface area contributed by atoms with E-state index < -0.39 is 0 Å². The van der Waals surface area contributed by atoms with Crippen molar-refractivity contribution in [1.29, 1.82) is 0 Å². The summed E-state index contributed by atoms with van der Waals surface area (Å²) in [4.78, 5) is 26.2. The van der Waals surface area contributed by atoms with Crippen LogP contribution in [-0.2, 0) is 9.59 Å². The van der Waals surface area contributed by atoms with Gasteiger partial charge in [0.25, 0.3) is 0 Å². The Bertz CT molecular complexity index is 578. The Labute approximate surface area is 137 Å². The molecule has 5 heteroatoms. The summed E-state index contributed by atoms with van der Waals surface area (Å²) in [6, 6.07) is 6.30. The SMILES string of the molecule is CCN(CC(=O)NC(C)(C)C)C(=O)C1CC1c1ccc(F)cc1. The Kier molecular flexibility index (Phi) is 5.07. The van der Waals surface area contributed by atoms with E-state index in [1.54, 1.807) is 17.0 Å². The van der Waals surface area contributed by atoms with Crippen molar-refractivity contribution in [2.45, 2.75) is 45.6 Å². The predicted octanol–water partition coefficient (Wildman–Crippen LogP) is 2.69. The number of halogens is 1. The molecule has 2 atom stereocenters. The molecule has 2 rings (SSSR count). The summed E-state index contributed by atoms with van der Waals surface area (Å²) in [5.41, 5.74) is 0.676. The van der Waals surface area contributed by atoms with Crippen LogP contribution in [0.2, 0.25) is 0 Å². The van der Waals surface area contributed by atoms with E-state index in [4.69, 9.17) is 0 Å². The van der Waals surface area contributed by atoms with Crippen molar-refractivity contribution in [2.24, 2.45) is 5.92 Å². The van der Waals surface area contributed by atoms with E-state index in [2.05, 4.69) is 5.32 Å². The lowest BCUT2D eigenvalue weighted by atomic mass is 10.1. The van der Waals surface area contributed by atoms with E-state index in [9.17, 15) is 14.0 Å². The van der Waals surface area contributed by atoms with E-state index in [1.807, 2.05) is 27.7 Å². The van der Waals surface area contributed by atoms with Gasteiger partial charge in [0.1, 0.15) is 5.82 Å². The van der Waals surface area contributed by atoms with Crippen LogP contribution in [0.25, 0.3) is 0 Å². The first-order valence-electron chi connectivity index (χ1n) is 8.06. The summed E-state index contributed by atoms with van der Waals surface area (Å²) >= 11 is 0. The zero-order valence-corrected chi connectivity index (χ0v) is 14.2. The highest BCUT2D eigenvalue weighted by Gasteiger charge is 2.45. The summed E-state index contributed by atoms with van der Waals surface area (Å²) in [5.74, 6) is -0.366. The average Bonchev–Trinajstić information content (AvgIpc) is 3.23. The van der Waals surface area contributed by atoms with Crippen molar-refractivity contribution in [2.75, 3.05) is 13.1 Å². The smallest absolute Gasteiger partial charge is 0.240 e. The molecule has 1 aromatic rings. The number of likely N-dealkylation sites (N-methyl/N-ethyl adjacent to an activating group) is 1. The van der Waals surface area contributed by atoms with E-state index in [1.165, 1.54) is 12.1 Å². The van der Waals surface area contributed by atoms with Crippen molar-refractivity contribution < 1.29 is 14.0 Å². The first kappa shape index (κ1) is 17.4. The highest BCUT2D eigenvalue weighted by atomic mass is 19.1. The number of amides is 2. The Morgan fingerprint density at radius 1 is 1.26 bits per heavy atom. The third-order valence-electron chi connectivity index (χ3n) is 3.95. The first-order chi connectivity index (χ1) is 10.7. The summed E-state index contributed by atoms with van der Waals surface area (Å²) in [5, 5.41) is 2.87. The Hall–Kier alpha value is -1.91. The Balaban J connectivity index is 1.93. The van der Waals surface area contributed by atoms with Gasteiger partial charge in [-0.2, -0.15) is 0 Å². The van der Waals surface area contributed by atoms with Gasteiger partial charge in [-0.05, 0) is 57.7 Å². The van der Waals surface area contributed by atoms with Crippen molar-refractivity contribution in [1.82, 2.24) is 10.2 Å². The maximum absolute atomic E-state index is 13.0. The van der Waals surface area contributed by atoms with Crippen molar-refractivity contribution in [3.05, 3.63) is 35.6 Å².